The van der Waals surface area contributed by atoms with Crippen molar-refractivity contribution in [1.82, 2.24) is 9.80 Å². The maximum atomic E-state index is 13.0. The molecule has 0 saturated carbocycles. The predicted octanol–water partition coefficient (Wildman–Crippen LogP) is 2.91. The number of fused-ring (bicyclic) bond motifs is 2. The molecule has 2 atom stereocenters. The van der Waals surface area contributed by atoms with Gasteiger partial charge in [0, 0.05) is 23.8 Å². The molecule has 0 spiro atoms. The van der Waals surface area contributed by atoms with E-state index in [2.05, 4.69) is 4.90 Å². The lowest BCUT2D eigenvalue weighted by molar-refractivity contribution is -0.161. The highest BCUT2D eigenvalue weighted by Crippen LogP contribution is 2.42. The zero-order chi connectivity index (χ0) is 17.6. The van der Waals surface area contributed by atoms with Crippen LogP contribution in [-0.4, -0.2) is 59.5 Å². The first-order valence-corrected chi connectivity index (χ1v) is 9.54. The summed E-state index contributed by atoms with van der Waals surface area (Å²) in [5, 5.41) is 10.9. The maximum Gasteiger partial charge on any atom is 0.311 e. The number of carboxylic acids is 1. The maximum absolute atomic E-state index is 13.0. The third-order valence-corrected chi connectivity index (χ3v) is 6.98. The molecule has 25 heavy (non-hydrogen) atoms. The van der Waals surface area contributed by atoms with Crippen molar-refractivity contribution in [2.24, 2.45) is 5.41 Å². The summed E-state index contributed by atoms with van der Waals surface area (Å²) in [7, 11) is 1.98. The second-order valence-corrected chi connectivity index (χ2v) is 8.29. The number of hydrogen-bond donors (Lipinski definition) is 1. The molecular formula is C19H22N2O3S. The van der Waals surface area contributed by atoms with Gasteiger partial charge in [-0.15, -0.1) is 11.3 Å². The molecule has 1 aromatic heterocycles. The van der Waals surface area contributed by atoms with Gasteiger partial charge in [0.05, 0.1) is 10.3 Å². The van der Waals surface area contributed by atoms with Crippen molar-refractivity contribution < 1.29 is 14.7 Å². The zero-order valence-electron chi connectivity index (χ0n) is 14.3. The Hall–Kier alpha value is -1.92. The highest BCUT2D eigenvalue weighted by molar-refractivity contribution is 7.20. The molecule has 132 valence electrons. The molecule has 2 aliphatic rings. The molecule has 0 bridgehead atoms. The van der Waals surface area contributed by atoms with Crippen LogP contribution in [0, 0.1) is 5.41 Å². The van der Waals surface area contributed by atoms with Crippen molar-refractivity contribution in [3.8, 4) is 0 Å². The number of thiophene rings is 1. The van der Waals surface area contributed by atoms with Gasteiger partial charge in [0.15, 0.2) is 0 Å². The van der Waals surface area contributed by atoms with E-state index in [1.54, 1.807) is 0 Å². The Balaban J connectivity index is 1.60. The number of likely N-dealkylation sites (N-methyl/N-ethyl adjacent to an activating group) is 1. The molecule has 4 rings (SSSR count). The Labute approximate surface area is 150 Å². The summed E-state index contributed by atoms with van der Waals surface area (Å²) in [6.45, 7) is 1.91. The van der Waals surface area contributed by atoms with Gasteiger partial charge in [-0.2, -0.15) is 0 Å². The topological polar surface area (TPSA) is 60.9 Å². The average Bonchev–Trinajstić information content (AvgIpc) is 3.05. The Kier molecular flexibility index (Phi) is 4.04. The number of amides is 1. The monoisotopic (exact) mass is 358 g/mol. The van der Waals surface area contributed by atoms with E-state index in [9.17, 15) is 14.7 Å². The smallest absolute Gasteiger partial charge is 0.311 e. The predicted molar refractivity (Wildman–Crippen MR) is 98.1 cm³/mol. The fourth-order valence-corrected chi connectivity index (χ4v) is 5.44. The molecule has 6 heteroatoms. The van der Waals surface area contributed by atoms with E-state index in [1.807, 2.05) is 42.3 Å². The van der Waals surface area contributed by atoms with Crippen LogP contribution in [0.1, 0.15) is 28.9 Å². The fraction of sp³-hybridized carbons (Fsp3) is 0.474. The van der Waals surface area contributed by atoms with Gasteiger partial charge >= 0.3 is 5.97 Å². The summed E-state index contributed by atoms with van der Waals surface area (Å²) < 4.78 is 1.11. The Bertz CT molecular complexity index is 800. The van der Waals surface area contributed by atoms with Crippen molar-refractivity contribution in [2.75, 3.05) is 26.7 Å². The van der Waals surface area contributed by atoms with Gasteiger partial charge in [0.25, 0.3) is 5.91 Å². The van der Waals surface area contributed by atoms with E-state index >= 15 is 0 Å². The number of rotatable bonds is 2. The molecule has 0 radical (unpaired) electrons. The lowest BCUT2D eigenvalue weighted by Crippen LogP contribution is -2.63. The lowest BCUT2D eigenvalue weighted by atomic mass is 9.68. The minimum Gasteiger partial charge on any atom is -0.481 e. The zero-order valence-corrected chi connectivity index (χ0v) is 15.1. The number of aliphatic carboxylic acids is 1. The summed E-state index contributed by atoms with van der Waals surface area (Å²) in [6, 6.07) is 9.84. The standard InChI is InChI=1S/C19H22N2O3S/c1-20-9-4-7-19(18(23)24)8-10-21(12-16(19)20)17(22)15-11-13-5-2-3-6-14(13)25-15/h2-3,5-6,11,16H,4,7-10,12H2,1H3,(H,23,24)/t16-,19+/m1/s1. The SMILES string of the molecule is CN1CCC[C@]2(C(=O)O)CCN(C(=O)c3cc4ccccc4s3)C[C@@H]12. The quantitative estimate of drug-likeness (QED) is 0.897. The van der Waals surface area contributed by atoms with Crippen molar-refractivity contribution >= 4 is 33.3 Å². The lowest BCUT2D eigenvalue weighted by Gasteiger charge is -2.51. The van der Waals surface area contributed by atoms with Crippen molar-refractivity contribution in [3.63, 3.8) is 0 Å². The second-order valence-electron chi connectivity index (χ2n) is 7.21. The molecule has 1 N–H and O–H groups in total. The Morgan fingerprint density at radius 2 is 2.04 bits per heavy atom. The number of carbonyl (C=O) groups is 2. The summed E-state index contributed by atoms with van der Waals surface area (Å²) in [4.78, 5) is 29.7. The summed E-state index contributed by atoms with van der Waals surface area (Å²) in [6.07, 6.45) is 2.15. The van der Waals surface area contributed by atoms with E-state index in [0.717, 1.165) is 27.9 Å². The molecule has 1 amide bonds. The van der Waals surface area contributed by atoms with E-state index in [0.29, 0.717) is 25.9 Å². The van der Waals surface area contributed by atoms with Gasteiger partial charge in [-0.05, 0) is 50.4 Å². The third-order valence-electron chi connectivity index (χ3n) is 5.87. The van der Waals surface area contributed by atoms with Crippen LogP contribution in [0.5, 0.6) is 0 Å². The van der Waals surface area contributed by atoms with Crippen molar-refractivity contribution in [2.45, 2.75) is 25.3 Å². The molecular weight excluding hydrogens is 336 g/mol. The van der Waals surface area contributed by atoms with Crippen LogP contribution in [0.15, 0.2) is 30.3 Å². The van der Waals surface area contributed by atoms with Gasteiger partial charge in [0.1, 0.15) is 0 Å². The summed E-state index contributed by atoms with van der Waals surface area (Å²) >= 11 is 1.51. The van der Waals surface area contributed by atoms with Crippen LogP contribution in [0.2, 0.25) is 0 Å². The van der Waals surface area contributed by atoms with E-state index in [4.69, 9.17) is 0 Å². The highest BCUT2D eigenvalue weighted by Gasteiger charge is 2.52. The minimum atomic E-state index is -0.710. The van der Waals surface area contributed by atoms with Crippen LogP contribution >= 0.6 is 11.3 Å². The minimum absolute atomic E-state index is 0.0270. The molecule has 0 unspecified atom stereocenters. The number of carboxylic acid groups (broad SMARTS) is 1. The molecule has 2 aliphatic heterocycles. The Morgan fingerprint density at radius 1 is 1.24 bits per heavy atom. The van der Waals surface area contributed by atoms with Gasteiger partial charge in [-0.3, -0.25) is 9.59 Å². The van der Waals surface area contributed by atoms with Crippen LogP contribution < -0.4 is 0 Å². The first-order chi connectivity index (χ1) is 12.0. The van der Waals surface area contributed by atoms with Gasteiger partial charge < -0.3 is 14.9 Å². The van der Waals surface area contributed by atoms with Crippen LogP contribution in [0.3, 0.4) is 0 Å². The fourth-order valence-electron chi connectivity index (χ4n) is 4.41. The Morgan fingerprint density at radius 3 is 2.80 bits per heavy atom. The molecule has 2 fully saturated rings. The number of piperidine rings is 2. The van der Waals surface area contributed by atoms with Crippen molar-refractivity contribution in [3.05, 3.63) is 35.2 Å². The first-order valence-electron chi connectivity index (χ1n) is 8.73. The van der Waals surface area contributed by atoms with E-state index < -0.39 is 11.4 Å². The first kappa shape index (κ1) is 16.5. The van der Waals surface area contributed by atoms with Crippen LogP contribution in [-0.2, 0) is 4.79 Å². The number of nitrogens with zero attached hydrogens (tertiary/aromatic N) is 2. The average molecular weight is 358 g/mol. The van der Waals surface area contributed by atoms with Crippen LogP contribution in [0.25, 0.3) is 10.1 Å². The third kappa shape index (κ3) is 2.64. The number of likely N-dealkylation sites (tertiary alicyclic amines) is 2. The van der Waals surface area contributed by atoms with Crippen LogP contribution in [0.4, 0.5) is 0 Å². The van der Waals surface area contributed by atoms with Gasteiger partial charge in [-0.25, -0.2) is 0 Å². The molecule has 2 aromatic rings. The summed E-state index contributed by atoms with van der Waals surface area (Å²) in [5.41, 5.74) is -0.704. The molecule has 5 nitrogen and oxygen atoms in total. The van der Waals surface area contributed by atoms with Crippen molar-refractivity contribution in [1.29, 1.82) is 0 Å². The largest absolute Gasteiger partial charge is 0.481 e. The molecule has 3 heterocycles. The molecule has 1 aromatic carbocycles. The normalized spacial score (nSPS) is 27.2. The van der Waals surface area contributed by atoms with Gasteiger partial charge in [-0.1, -0.05) is 18.2 Å². The summed E-state index contributed by atoms with van der Waals surface area (Å²) in [5.74, 6) is -0.683. The van der Waals surface area contributed by atoms with Gasteiger partial charge in [0.2, 0.25) is 0 Å². The number of benzene rings is 1. The highest BCUT2D eigenvalue weighted by atomic mass is 32.1. The number of hydrogen-bond acceptors (Lipinski definition) is 4. The molecule has 0 aliphatic carbocycles. The second kappa shape index (κ2) is 6.11. The van der Waals surface area contributed by atoms with E-state index in [-0.39, 0.29) is 11.9 Å². The van der Waals surface area contributed by atoms with E-state index in [1.165, 1.54) is 11.3 Å². The number of carbonyl (C=O) groups excluding carboxylic acids is 1. The molecule has 2 saturated heterocycles.